The minimum Gasteiger partial charge on any atom is -0.496 e. The fraction of sp³-hybridized carbons (Fsp3) is 0.167. The molecule has 146 valence electrons. The van der Waals surface area contributed by atoms with E-state index in [4.69, 9.17) is 4.74 Å². The van der Waals surface area contributed by atoms with E-state index in [-0.39, 0.29) is 5.91 Å². The number of nitrogens with one attached hydrogen (secondary N) is 1. The molecule has 1 N–H and O–H groups in total. The number of aromatic nitrogens is 2. The second kappa shape index (κ2) is 8.19. The molecule has 0 saturated carbocycles. The van der Waals surface area contributed by atoms with E-state index in [0.29, 0.717) is 18.5 Å². The smallest absolute Gasteiger partial charge is 0.251 e. The maximum Gasteiger partial charge on any atom is 0.251 e. The molecule has 0 spiro atoms. The van der Waals surface area contributed by atoms with Crippen molar-refractivity contribution >= 4 is 16.9 Å². The quantitative estimate of drug-likeness (QED) is 0.538. The molecule has 1 amide bonds. The third-order valence-electron chi connectivity index (χ3n) is 4.97. The van der Waals surface area contributed by atoms with Gasteiger partial charge in [0.2, 0.25) is 0 Å². The number of carbonyl (C=O) groups is 1. The first-order valence-electron chi connectivity index (χ1n) is 9.62. The maximum atomic E-state index is 12.6. The van der Waals surface area contributed by atoms with Crippen LogP contribution in [0, 0.1) is 6.92 Å². The second-order valence-corrected chi connectivity index (χ2v) is 6.85. The number of benzene rings is 3. The molecule has 3 aromatic carbocycles. The molecule has 0 bridgehead atoms. The van der Waals surface area contributed by atoms with Gasteiger partial charge in [-0.1, -0.05) is 36.4 Å². The lowest BCUT2D eigenvalue weighted by atomic mass is 10.1. The van der Waals surface area contributed by atoms with Gasteiger partial charge in [-0.25, -0.2) is 4.98 Å². The van der Waals surface area contributed by atoms with Gasteiger partial charge in [0.25, 0.3) is 5.91 Å². The van der Waals surface area contributed by atoms with Gasteiger partial charge in [0.05, 0.1) is 18.1 Å². The number of imidazole rings is 1. The van der Waals surface area contributed by atoms with Crippen molar-refractivity contribution in [1.29, 1.82) is 0 Å². The monoisotopic (exact) mass is 385 g/mol. The lowest BCUT2D eigenvalue weighted by molar-refractivity contribution is 0.0954. The van der Waals surface area contributed by atoms with Crippen molar-refractivity contribution in [2.45, 2.75) is 13.3 Å². The van der Waals surface area contributed by atoms with Crippen LogP contribution in [0.2, 0.25) is 0 Å². The third-order valence-corrected chi connectivity index (χ3v) is 4.97. The van der Waals surface area contributed by atoms with Crippen molar-refractivity contribution in [3.05, 3.63) is 89.7 Å². The number of ether oxygens (including phenoxy) is 1. The van der Waals surface area contributed by atoms with E-state index in [1.54, 1.807) is 7.11 Å². The number of hydrogen-bond acceptors (Lipinski definition) is 3. The molecular formula is C24H23N3O2. The van der Waals surface area contributed by atoms with E-state index < -0.39 is 0 Å². The summed E-state index contributed by atoms with van der Waals surface area (Å²) in [5.41, 5.74) is 4.53. The SMILES string of the molecule is COc1ccccc1CCNC(=O)c1ccc2c(c1)nc(C)n2-c1ccccc1. The van der Waals surface area contributed by atoms with Gasteiger partial charge in [-0.15, -0.1) is 0 Å². The second-order valence-electron chi connectivity index (χ2n) is 6.85. The first-order chi connectivity index (χ1) is 14.2. The predicted molar refractivity (Wildman–Crippen MR) is 115 cm³/mol. The molecule has 4 aromatic rings. The summed E-state index contributed by atoms with van der Waals surface area (Å²) < 4.78 is 7.46. The predicted octanol–water partition coefficient (Wildman–Crippen LogP) is 4.32. The number of nitrogens with zero attached hydrogens (tertiary/aromatic N) is 2. The summed E-state index contributed by atoms with van der Waals surface area (Å²) in [7, 11) is 1.66. The first-order valence-corrected chi connectivity index (χ1v) is 9.62. The lowest BCUT2D eigenvalue weighted by Gasteiger charge is -2.09. The fourth-order valence-electron chi connectivity index (χ4n) is 3.57. The summed E-state index contributed by atoms with van der Waals surface area (Å²) in [6.45, 7) is 2.51. The van der Waals surface area contributed by atoms with Crippen molar-refractivity contribution in [2.24, 2.45) is 0 Å². The van der Waals surface area contributed by atoms with Gasteiger partial charge in [-0.2, -0.15) is 0 Å². The Kier molecular flexibility index (Phi) is 5.29. The average Bonchev–Trinajstić information content (AvgIpc) is 3.09. The number of hydrogen-bond donors (Lipinski definition) is 1. The van der Waals surface area contributed by atoms with Crippen LogP contribution >= 0.6 is 0 Å². The van der Waals surface area contributed by atoms with Crippen molar-refractivity contribution in [3.63, 3.8) is 0 Å². The molecule has 0 atom stereocenters. The molecule has 1 heterocycles. The highest BCUT2D eigenvalue weighted by molar-refractivity contribution is 5.97. The Labute approximate surface area is 170 Å². The average molecular weight is 385 g/mol. The van der Waals surface area contributed by atoms with Crippen LogP contribution in [0.5, 0.6) is 5.75 Å². The molecule has 0 aliphatic rings. The largest absolute Gasteiger partial charge is 0.496 e. The van der Waals surface area contributed by atoms with Crippen LogP contribution in [0.25, 0.3) is 16.7 Å². The summed E-state index contributed by atoms with van der Waals surface area (Å²) in [6, 6.07) is 23.6. The zero-order valence-corrected chi connectivity index (χ0v) is 16.6. The Hall–Kier alpha value is -3.60. The highest BCUT2D eigenvalue weighted by Crippen LogP contribution is 2.22. The zero-order chi connectivity index (χ0) is 20.2. The first kappa shape index (κ1) is 18.7. The molecule has 5 nitrogen and oxygen atoms in total. The van der Waals surface area contributed by atoms with Gasteiger partial charge in [-0.3, -0.25) is 9.36 Å². The molecule has 0 aliphatic carbocycles. The Morgan fingerprint density at radius 2 is 1.79 bits per heavy atom. The van der Waals surface area contributed by atoms with Gasteiger partial charge >= 0.3 is 0 Å². The normalized spacial score (nSPS) is 10.8. The van der Waals surface area contributed by atoms with E-state index in [0.717, 1.165) is 33.9 Å². The number of fused-ring (bicyclic) bond motifs is 1. The van der Waals surface area contributed by atoms with Gasteiger partial charge in [-0.05, 0) is 55.3 Å². The van der Waals surface area contributed by atoms with Crippen molar-refractivity contribution in [3.8, 4) is 11.4 Å². The summed E-state index contributed by atoms with van der Waals surface area (Å²) in [6.07, 6.45) is 0.708. The fourth-order valence-corrected chi connectivity index (χ4v) is 3.57. The van der Waals surface area contributed by atoms with Crippen LogP contribution in [-0.4, -0.2) is 29.1 Å². The van der Waals surface area contributed by atoms with E-state index in [9.17, 15) is 4.79 Å². The van der Waals surface area contributed by atoms with Crippen molar-refractivity contribution in [1.82, 2.24) is 14.9 Å². The summed E-state index contributed by atoms with van der Waals surface area (Å²) in [4.78, 5) is 17.3. The molecular weight excluding hydrogens is 362 g/mol. The summed E-state index contributed by atoms with van der Waals surface area (Å²) in [5.74, 6) is 1.62. The van der Waals surface area contributed by atoms with E-state index in [2.05, 4.69) is 14.9 Å². The lowest BCUT2D eigenvalue weighted by Crippen LogP contribution is -2.25. The molecule has 4 rings (SSSR count). The number of aryl methyl sites for hydroxylation is 1. The highest BCUT2D eigenvalue weighted by Gasteiger charge is 2.13. The van der Waals surface area contributed by atoms with Gasteiger partial charge in [0, 0.05) is 17.8 Å². The van der Waals surface area contributed by atoms with Gasteiger partial charge in [0.15, 0.2) is 0 Å². The molecule has 1 aromatic heterocycles. The highest BCUT2D eigenvalue weighted by atomic mass is 16.5. The number of carbonyl (C=O) groups excluding carboxylic acids is 1. The third kappa shape index (κ3) is 3.85. The Morgan fingerprint density at radius 1 is 1.03 bits per heavy atom. The number of para-hydroxylation sites is 2. The number of rotatable bonds is 6. The molecule has 5 heteroatoms. The zero-order valence-electron chi connectivity index (χ0n) is 16.6. The number of methoxy groups -OCH3 is 1. The van der Waals surface area contributed by atoms with E-state index in [1.807, 2.05) is 79.7 Å². The molecule has 0 unspecified atom stereocenters. The minimum absolute atomic E-state index is 0.103. The standard InChI is InChI=1S/C24H23N3O2/c1-17-26-21-16-19(12-13-22(21)27(17)20-9-4-3-5-10-20)24(28)25-15-14-18-8-6-7-11-23(18)29-2/h3-13,16H,14-15H2,1-2H3,(H,25,28). The summed E-state index contributed by atoms with van der Waals surface area (Å²) in [5, 5.41) is 2.99. The maximum absolute atomic E-state index is 12.6. The summed E-state index contributed by atoms with van der Waals surface area (Å²) >= 11 is 0. The van der Waals surface area contributed by atoms with E-state index >= 15 is 0 Å². The van der Waals surface area contributed by atoms with Crippen molar-refractivity contribution < 1.29 is 9.53 Å². The van der Waals surface area contributed by atoms with Crippen LogP contribution in [0.1, 0.15) is 21.7 Å². The minimum atomic E-state index is -0.103. The Balaban J connectivity index is 1.50. The topological polar surface area (TPSA) is 56.1 Å². The van der Waals surface area contributed by atoms with Crippen LogP contribution in [0.4, 0.5) is 0 Å². The molecule has 0 saturated heterocycles. The van der Waals surface area contributed by atoms with Gasteiger partial charge in [0.1, 0.15) is 11.6 Å². The van der Waals surface area contributed by atoms with Gasteiger partial charge < -0.3 is 10.1 Å². The molecule has 0 aliphatic heterocycles. The molecule has 0 radical (unpaired) electrons. The Morgan fingerprint density at radius 3 is 2.59 bits per heavy atom. The Bertz CT molecular complexity index is 1150. The van der Waals surface area contributed by atoms with Crippen LogP contribution in [0.3, 0.4) is 0 Å². The molecule has 29 heavy (non-hydrogen) atoms. The number of amides is 1. The van der Waals surface area contributed by atoms with Crippen LogP contribution in [-0.2, 0) is 6.42 Å². The van der Waals surface area contributed by atoms with E-state index in [1.165, 1.54) is 0 Å². The van der Waals surface area contributed by atoms with Crippen LogP contribution < -0.4 is 10.1 Å². The molecule has 0 fully saturated rings. The van der Waals surface area contributed by atoms with Crippen LogP contribution in [0.15, 0.2) is 72.8 Å². The van der Waals surface area contributed by atoms with Crippen molar-refractivity contribution in [2.75, 3.05) is 13.7 Å².